The van der Waals surface area contributed by atoms with Crippen molar-refractivity contribution in [3.05, 3.63) is 11.1 Å². The van der Waals surface area contributed by atoms with Crippen LogP contribution in [0.1, 0.15) is 127 Å². The van der Waals surface area contributed by atoms with Crippen molar-refractivity contribution < 1.29 is 14.7 Å². The number of ketones is 1. The van der Waals surface area contributed by atoms with Crippen LogP contribution in [0.2, 0.25) is 0 Å². The van der Waals surface area contributed by atoms with Gasteiger partial charge < -0.3 is 10.4 Å². The lowest BCUT2D eigenvalue weighted by atomic mass is 9.33. The molecule has 4 fully saturated rings. The third-order valence-corrected chi connectivity index (χ3v) is 13.3. The Kier molecular flexibility index (Phi) is 6.29. The highest BCUT2D eigenvalue weighted by molar-refractivity contribution is 6.07. The predicted molar refractivity (Wildman–Crippen MR) is 153 cm³/mol. The molecule has 3 unspecified atom stereocenters. The number of aliphatic hydroxyl groups excluding tert-OH is 1. The Balaban J connectivity index is 1.60. The molecular formula is C34H55NO3. The first-order chi connectivity index (χ1) is 17.4. The topological polar surface area (TPSA) is 66.4 Å². The summed E-state index contributed by atoms with van der Waals surface area (Å²) in [4.78, 5) is 27.8. The number of aliphatic hydroxyl groups is 1. The van der Waals surface area contributed by atoms with Gasteiger partial charge in [-0.3, -0.25) is 9.59 Å². The molecule has 0 aromatic carbocycles. The van der Waals surface area contributed by atoms with Gasteiger partial charge in [0, 0.05) is 12.0 Å². The van der Waals surface area contributed by atoms with Gasteiger partial charge in [-0.25, -0.2) is 0 Å². The summed E-state index contributed by atoms with van der Waals surface area (Å²) in [6, 6.07) is 0. The molecule has 4 nitrogen and oxygen atoms in total. The number of rotatable bonds is 2. The van der Waals surface area contributed by atoms with E-state index in [1.165, 1.54) is 18.4 Å². The highest BCUT2D eigenvalue weighted by Gasteiger charge is 2.70. The molecule has 0 bridgehead atoms. The predicted octanol–water partition coefficient (Wildman–Crippen LogP) is 7.24. The van der Waals surface area contributed by atoms with E-state index in [9.17, 15) is 14.7 Å². The van der Waals surface area contributed by atoms with Gasteiger partial charge in [-0.05, 0) is 129 Å². The molecule has 4 heteroatoms. The van der Waals surface area contributed by atoms with Crippen molar-refractivity contribution in [2.75, 3.05) is 0 Å². The number of allylic oxidation sites excluding steroid dienone is 1. The number of hydrogen-bond acceptors (Lipinski definition) is 3. The Morgan fingerprint density at radius 1 is 0.895 bits per heavy atom. The third-order valence-electron chi connectivity index (χ3n) is 13.3. The van der Waals surface area contributed by atoms with Crippen LogP contribution >= 0.6 is 0 Å². The zero-order valence-electron chi connectivity index (χ0n) is 26.0. The summed E-state index contributed by atoms with van der Waals surface area (Å²) in [6.07, 6.45) is 8.54. The van der Waals surface area contributed by atoms with Crippen LogP contribution in [0.3, 0.4) is 0 Å². The zero-order valence-corrected chi connectivity index (χ0v) is 26.0. The number of carbonyl (C=O) groups excluding carboxylic acids is 2. The molecule has 8 atom stereocenters. The second-order valence-electron chi connectivity index (χ2n) is 16.9. The minimum Gasteiger partial charge on any atom is -0.393 e. The number of amides is 1. The lowest BCUT2D eigenvalue weighted by Gasteiger charge is -2.72. The molecule has 214 valence electrons. The molecule has 0 radical (unpaired) electrons. The lowest BCUT2D eigenvalue weighted by Crippen LogP contribution is -2.66. The molecule has 0 saturated heterocycles. The highest BCUT2D eigenvalue weighted by Crippen LogP contribution is 2.76. The quantitative estimate of drug-likeness (QED) is 0.399. The third kappa shape index (κ3) is 3.56. The van der Waals surface area contributed by atoms with Gasteiger partial charge in [0.15, 0.2) is 5.78 Å². The molecule has 0 heterocycles. The van der Waals surface area contributed by atoms with Crippen molar-refractivity contribution in [1.82, 2.24) is 5.32 Å². The normalized spacial score (nSPS) is 46.3. The summed E-state index contributed by atoms with van der Waals surface area (Å²) in [7, 11) is 0. The smallest absolute Gasteiger partial charge is 0.231 e. The number of hydrogen-bond donors (Lipinski definition) is 2. The monoisotopic (exact) mass is 525 g/mol. The number of carbonyl (C=O) groups is 2. The molecule has 0 aromatic rings. The van der Waals surface area contributed by atoms with E-state index in [0.29, 0.717) is 18.3 Å². The highest BCUT2D eigenvalue weighted by atomic mass is 16.3. The molecule has 5 aliphatic rings. The van der Waals surface area contributed by atoms with E-state index >= 15 is 0 Å². The van der Waals surface area contributed by atoms with Gasteiger partial charge in [-0.1, -0.05) is 48.5 Å². The average Bonchev–Trinajstić information content (AvgIpc) is 3.09. The molecule has 0 aliphatic heterocycles. The van der Waals surface area contributed by atoms with E-state index in [4.69, 9.17) is 0 Å². The van der Waals surface area contributed by atoms with E-state index in [2.05, 4.69) is 53.8 Å². The molecule has 4 saturated carbocycles. The van der Waals surface area contributed by atoms with Gasteiger partial charge in [0.05, 0.1) is 11.5 Å². The minimum atomic E-state index is -0.671. The van der Waals surface area contributed by atoms with Crippen LogP contribution in [0.4, 0.5) is 0 Å². The van der Waals surface area contributed by atoms with Crippen LogP contribution in [-0.2, 0) is 9.59 Å². The standard InChI is InChI=1S/C34H55NO3/c1-20(2)26-22(36)19-34(28(38)35-29(3,4)5)18-17-32(9)21(27(26)34)11-12-24-31(8)15-14-25(37)30(6,7)23(31)13-16-33(24,32)10/h20-21,23-25,37H,11-19H2,1-10H3,(H,35,38)/t21?,23?,24?,25-,31-,32+,33+,34+/m0/s1. The average molecular weight is 526 g/mol. The summed E-state index contributed by atoms with van der Waals surface area (Å²) in [5.41, 5.74) is 1.62. The van der Waals surface area contributed by atoms with Crippen LogP contribution in [0, 0.1) is 50.7 Å². The second kappa shape index (κ2) is 8.43. The van der Waals surface area contributed by atoms with Crippen molar-refractivity contribution in [2.24, 2.45) is 50.7 Å². The van der Waals surface area contributed by atoms with Gasteiger partial charge >= 0.3 is 0 Å². The zero-order chi connectivity index (χ0) is 28.3. The first-order valence-corrected chi connectivity index (χ1v) is 15.6. The minimum absolute atomic E-state index is 0.0515. The maximum Gasteiger partial charge on any atom is 0.231 e. The summed E-state index contributed by atoms with van der Waals surface area (Å²) in [5.74, 6) is 1.87. The summed E-state index contributed by atoms with van der Waals surface area (Å²) >= 11 is 0. The lowest BCUT2D eigenvalue weighted by molar-refractivity contribution is -0.228. The SMILES string of the molecule is CC(C)C1=C2C3CCC4[C@@]5(C)CC[C@H](O)C(C)(C)C5CC[C@@]4(C)[C@]3(C)CC[C@@]2(C(=O)NC(C)(C)C)CC1=O. The maximum absolute atomic E-state index is 14.1. The van der Waals surface area contributed by atoms with E-state index in [1.807, 2.05) is 20.8 Å². The Hall–Kier alpha value is -1.16. The second-order valence-corrected chi connectivity index (χ2v) is 16.9. The summed E-state index contributed by atoms with van der Waals surface area (Å²) in [6.45, 7) is 22.7. The fourth-order valence-corrected chi connectivity index (χ4v) is 11.3. The van der Waals surface area contributed by atoms with Crippen LogP contribution in [0.5, 0.6) is 0 Å². The molecule has 38 heavy (non-hydrogen) atoms. The molecule has 0 aromatic heterocycles. The molecule has 5 aliphatic carbocycles. The van der Waals surface area contributed by atoms with Crippen LogP contribution in [-0.4, -0.2) is 28.4 Å². The molecule has 2 N–H and O–H groups in total. The van der Waals surface area contributed by atoms with Crippen molar-refractivity contribution in [2.45, 2.75) is 139 Å². The number of nitrogens with one attached hydrogen (secondary N) is 1. The molecule has 1 amide bonds. The first kappa shape index (κ1) is 28.4. The Morgan fingerprint density at radius 2 is 1.55 bits per heavy atom. The van der Waals surface area contributed by atoms with E-state index in [1.54, 1.807) is 0 Å². The van der Waals surface area contributed by atoms with Crippen LogP contribution in [0.15, 0.2) is 11.1 Å². The van der Waals surface area contributed by atoms with Crippen molar-refractivity contribution in [3.8, 4) is 0 Å². The van der Waals surface area contributed by atoms with E-state index in [-0.39, 0.29) is 56.8 Å². The molecular weight excluding hydrogens is 470 g/mol. The molecule has 0 spiro atoms. The van der Waals surface area contributed by atoms with Gasteiger partial charge in [0.2, 0.25) is 5.91 Å². The Bertz CT molecular complexity index is 1060. The first-order valence-electron chi connectivity index (χ1n) is 15.6. The number of Topliss-reactive ketones (excluding diaryl/α,β-unsaturated/α-hetero) is 1. The fraction of sp³-hybridized carbons (Fsp3) is 0.882. The number of fused-ring (bicyclic) bond motifs is 7. The summed E-state index contributed by atoms with van der Waals surface area (Å²) < 4.78 is 0. The maximum atomic E-state index is 14.1. The van der Waals surface area contributed by atoms with Crippen LogP contribution < -0.4 is 5.32 Å². The van der Waals surface area contributed by atoms with E-state index < -0.39 is 5.41 Å². The summed E-state index contributed by atoms with van der Waals surface area (Å²) in [5, 5.41) is 14.3. The van der Waals surface area contributed by atoms with Crippen molar-refractivity contribution in [1.29, 1.82) is 0 Å². The fourth-order valence-electron chi connectivity index (χ4n) is 11.3. The van der Waals surface area contributed by atoms with E-state index in [0.717, 1.165) is 44.1 Å². The van der Waals surface area contributed by atoms with Gasteiger partial charge in [-0.15, -0.1) is 0 Å². The van der Waals surface area contributed by atoms with Gasteiger partial charge in [0.1, 0.15) is 0 Å². The van der Waals surface area contributed by atoms with Gasteiger partial charge in [-0.2, -0.15) is 0 Å². The van der Waals surface area contributed by atoms with Crippen LogP contribution in [0.25, 0.3) is 0 Å². The van der Waals surface area contributed by atoms with Crippen molar-refractivity contribution in [3.63, 3.8) is 0 Å². The van der Waals surface area contributed by atoms with Gasteiger partial charge in [0.25, 0.3) is 0 Å². The largest absolute Gasteiger partial charge is 0.393 e. The Morgan fingerprint density at radius 3 is 2.16 bits per heavy atom. The van der Waals surface area contributed by atoms with Crippen molar-refractivity contribution >= 4 is 11.7 Å². The Labute approximate surface area is 232 Å². The molecule has 5 rings (SSSR count).